The normalized spacial score (nSPS) is 14.4. The van der Waals surface area contributed by atoms with Crippen molar-refractivity contribution >= 4 is 34.0 Å². The lowest BCUT2D eigenvalue weighted by atomic mass is 9.92. The number of nitrogens with zero attached hydrogens (tertiary/aromatic N) is 3. The van der Waals surface area contributed by atoms with Crippen molar-refractivity contribution in [3.05, 3.63) is 100 Å². The Kier molecular flexibility index (Phi) is 6.88. The van der Waals surface area contributed by atoms with E-state index >= 15 is 4.39 Å². The lowest BCUT2D eigenvalue weighted by Gasteiger charge is -2.23. The van der Waals surface area contributed by atoms with E-state index in [9.17, 15) is 14.4 Å². The van der Waals surface area contributed by atoms with Gasteiger partial charge in [0.05, 0.1) is 18.0 Å². The molecule has 0 atom stereocenters. The Labute approximate surface area is 234 Å². The summed E-state index contributed by atoms with van der Waals surface area (Å²) < 4.78 is 27.5. The SMILES string of the molecule is COc1ccc2c(Oc3ccc(NC(=O)c4cc5c(n(C6=CCCC=C6)c4=O)CCCC5=O)cc3F)ncnc2c1. The molecule has 0 saturated carbocycles. The van der Waals surface area contributed by atoms with Crippen LogP contribution in [0.15, 0.2) is 71.8 Å². The fourth-order valence-corrected chi connectivity index (χ4v) is 5.08. The predicted octanol–water partition coefficient (Wildman–Crippen LogP) is 5.69. The zero-order chi connectivity index (χ0) is 28.5. The van der Waals surface area contributed by atoms with E-state index in [0.29, 0.717) is 52.9 Å². The molecule has 206 valence electrons. The first-order chi connectivity index (χ1) is 19.9. The van der Waals surface area contributed by atoms with E-state index in [1.165, 1.54) is 29.1 Å². The molecule has 0 aliphatic heterocycles. The van der Waals surface area contributed by atoms with E-state index in [2.05, 4.69) is 15.3 Å². The molecule has 2 aliphatic rings. The third-order valence-corrected chi connectivity index (χ3v) is 7.10. The monoisotopic (exact) mass is 552 g/mol. The van der Waals surface area contributed by atoms with Crippen molar-refractivity contribution in [1.29, 1.82) is 0 Å². The van der Waals surface area contributed by atoms with Crippen LogP contribution in [0.5, 0.6) is 17.4 Å². The molecule has 1 amide bonds. The highest BCUT2D eigenvalue weighted by atomic mass is 19.1. The van der Waals surface area contributed by atoms with E-state index in [-0.39, 0.29) is 28.7 Å². The highest BCUT2D eigenvalue weighted by molar-refractivity contribution is 6.07. The van der Waals surface area contributed by atoms with E-state index < -0.39 is 17.3 Å². The Morgan fingerprint density at radius 2 is 1.93 bits per heavy atom. The highest BCUT2D eigenvalue weighted by Gasteiger charge is 2.27. The maximum absolute atomic E-state index is 15.1. The fraction of sp³-hybridized carbons (Fsp3) is 0.194. The Hall–Kier alpha value is -5.12. The first-order valence-electron chi connectivity index (χ1n) is 13.2. The van der Waals surface area contributed by atoms with Crippen LogP contribution < -0.4 is 20.3 Å². The number of hydrogen-bond donors (Lipinski definition) is 1. The third-order valence-electron chi connectivity index (χ3n) is 7.10. The van der Waals surface area contributed by atoms with Gasteiger partial charge in [-0.25, -0.2) is 14.4 Å². The molecular weight excluding hydrogens is 527 g/mol. The lowest BCUT2D eigenvalue weighted by Crippen LogP contribution is -2.34. The van der Waals surface area contributed by atoms with E-state index in [0.717, 1.165) is 18.9 Å². The molecule has 41 heavy (non-hydrogen) atoms. The number of benzene rings is 2. The van der Waals surface area contributed by atoms with Gasteiger partial charge in [0.1, 0.15) is 17.6 Å². The van der Waals surface area contributed by atoms with Crippen LogP contribution in [0.4, 0.5) is 10.1 Å². The second-order valence-corrected chi connectivity index (χ2v) is 9.71. The minimum absolute atomic E-state index is 0.113. The summed E-state index contributed by atoms with van der Waals surface area (Å²) in [4.78, 5) is 47.9. The average molecular weight is 553 g/mol. The molecule has 6 rings (SSSR count). The van der Waals surface area contributed by atoms with Crippen LogP contribution in [0.1, 0.15) is 52.1 Å². The maximum Gasteiger partial charge on any atom is 0.268 e. The van der Waals surface area contributed by atoms with Gasteiger partial charge in [-0.15, -0.1) is 0 Å². The summed E-state index contributed by atoms with van der Waals surface area (Å²) in [5.41, 5.74) is 1.58. The van der Waals surface area contributed by atoms with Gasteiger partial charge in [-0.3, -0.25) is 19.0 Å². The van der Waals surface area contributed by atoms with Crippen LogP contribution in [0.2, 0.25) is 0 Å². The number of Topliss-reactive ketones (excluding diaryl/α,β-unsaturated/α-hetero) is 1. The summed E-state index contributed by atoms with van der Waals surface area (Å²) in [6, 6.07) is 10.4. The molecule has 0 bridgehead atoms. The van der Waals surface area contributed by atoms with Gasteiger partial charge in [0.25, 0.3) is 11.5 Å². The number of methoxy groups -OCH3 is 1. The summed E-state index contributed by atoms with van der Waals surface area (Å²) in [6.07, 6.45) is 10.2. The topological polar surface area (TPSA) is 112 Å². The van der Waals surface area contributed by atoms with Crippen LogP contribution >= 0.6 is 0 Å². The zero-order valence-corrected chi connectivity index (χ0v) is 22.1. The minimum atomic E-state index is -0.751. The molecule has 2 aromatic heterocycles. The number of ether oxygens (including phenoxy) is 2. The maximum atomic E-state index is 15.1. The summed E-state index contributed by atoms with van der Waals surface area (Å²) >= 11 is 0. The molecule has 10 heteroatoms. The van der Waals surface area contributed by atoms with Gasteiger partial charge in [0.15, 0.2) is 17.3 Å². The molecule has 9 nitrogen and oxygen atoms in total. The number of carbonyl (C=O) groups is 2. The second-order valence-electron chi connectivity index (χ2n) is 9.71. The first kappa shape index (κ1) is 26.1. The molecule has 2 heterocycles. The van der Waals surface area contributed by atoms with Crippen LogP contribution in [0.25, 0.3) is 16.6 Å². The number of ketones is 1. The summed E-state index contributed by atoms with van der Waals surface area (Å²) in [5, 5.41) is 3.15. The van der Waals surface area contributed by atoms with E-state index in [1.807, 2.05) is 18.2 Å². The number of allylic oxidation sites excluding steroid dienone is 4. The van der Waals surface area contributed by atoms with Crippen molar-refractivity contribution in [2.45, 2.75) is 32.1 Å². The number of nitrogens with one attached hydrogen (secondary N) is 1. The molecule has 1 N–H and O–H groups in total. The van der Waals surface area contributed by atoms with Crippen molar-refractivity contribution in [2.24, 2.45) is 0 Å². The number of carbonyl (C=O) groups excluding carboxylic acids is 2. The van der Waals surface area contributed by atoms with Gasteiger partial charge >= 0.3 is 0 Å². The van der Waals surface area contributed by atoms with Crippen molar-refractivity contribution < 1.29 is 23.5 Å². The van der Waals surface area contributed by atoms with Gasteiger partial charge in [-0.05, 0) is 62.1 Å². The number of amides is 1. The van der Waals surface area contributed by atoms with Gasteiger partial charge in [-0.2, -0.15) is 0 Å². The highest BCUT2D eigenvalue weighted by Crippen LogP contribution is 2.31. The third kappa shape index (κ3) is 5.00. The zero-order valence-electron chi connectivity index (χ0n) is 22.1. The van der Waals surface area contributed by atoms with E-state index in [1.54, 1.807) is 25.3 Å². The number of anilines is 1. The molecule has 0 spiro atoms. The minimum Gasteiger partial charge on any atom is -0.497 e. The fourth-order valence-electron chi connectivity index (χ4n) is 5.08. The van der Waals surface area contributed by atoms with Crippen molar-refractivity contribution in [3.63, 3.8) is 0 Å². The molecule has 0 radical (unpaired) electrons. The Balaban J connectivity index is 1.29. The number of rotatable bonds is 6. The van der Waals surface area contributed by atoms with Gasteiger partial charge in [-0.1, -0.05) is 12.2 Å². The van der Waals surface area contributed by atoms with Crippen LogP contribution in [0.3, 0.4) is 0 Å². The molecule has 0 saturated heterocycles. The average Bonchev–Trinajstić information content (AvgIpc) is 2.98. The molecule has 0 fully saturated rings. The summed E-state index contributed by atoms with van der Waals surface area (Å²) in [5.74, 6) is -0.962. The molecule has 0 unspecified atom stereocenters. The summed E-state index contributed by atoms with van der Waals surface area (Å²) in [7, 11) is 1.54. The quantitative estimate of drug-likeness (QED) is 0.327. The van der Waals surface area contributed by atoms with Gasteiger partial charge < -0.3 is 14.8 Å². The van der Waals surface area contributed by atoms with Crippen molar-refractivity contribution in [3.8, 4) is 17.4 Å². The molecular formula is C31H25FN4O5. The van der Waals surface area contributed by atoms with E-state index in [4.69, 9.17) is 9.47 Å². The largest absolute Gasteiger partial charge is 0.497 e. The Morgan fingerprint density at radius 3 is 2.71 bits per heavy atom. The Morgan fingerprint density at radius 1 is 1.05 bits per heavy atom. The van der Waals surface area contributed by atoms with Crippen molar-refractivity contribution in [1.82, 2.24) is 14.5 Å². The second kappa shape index (κ2) is 10.8. The van der Waals surface area contributed by atoms with Crippen LogP contribution in [0, 0.1) is 5.82 Å². The standard InChI is InChI=1S/C31H25FN4O5/c1-40-20-11-12-21-25(15-20)33-17-34-30(21)41-28-13-10-18(14-24(28)32)35-29(38)23-16-22-26(8-5-9-27(22)37)36(31(23)39)19-6-3-2-4-7-19/h3,6-7,10-17H,2,4-5,8-9H2,1H3,(H,35,38). The number of hydrogen-bond acceptors (Lipinski definition) is 7. The van der Waals surface area contributed by atoms with Gasteiger partial charge in [0.2, 0.25) is 5.88 Å². The Bertz CT molecular complexity index is 1840. The lowest BCUT2D eigenvalue weighted by molar-refractivity contribution is 0.0971. The van der Waals surface area contributed by atoms with Crippen LogP contribution in [-0.2, 0) is 6.42 Å². The van der Waals surface area contributed by atoms with Gasteiger partial charge in [0, 0.05) is 41.2 Å². The number of halogens is 1. The summed E-state index contributed by atoms with van der Waals surface area (Å²) in [6.45, 7) is 0. The molecule has 2 aliphatic carbocycles. The number of aromatic nitrogens is 3. The van der Waals surface area contributed by atoms with Crippen LogP contribution in [-0.4, -0.2) is 33.3 Å². The first-order valence-corrected chi connectivity index (χ1v) is 13.2. The molecule has 2 aromatic carbocycles. The smallest absolute Gasteiger partial charge is 0.268 e. The predicted molar refractivity (Wildman–Crippen MR) is 151 cm³/mol. The number of pyridine rings is 1. The van der Waals surface area contributed by atoms with Crippen molar-refractivity contribution in [2.75, 3.05) is 12.4 Å². The number of fused-ring (bicyclic) bond motifs is 2. The molecule has 4 aromatic rings.